The number of aliphatic hydroxyl groups excluding tert-OH is 1. The van der Waals surface area contributed by atoms with Crippen molar-refractivity contribution in [2.45, 2.75) is 33.3 Å². The van der Waals surface area contributed by atoms with Crippen molar-refractivity contribution in [2.75, 3.05) is 11.9 Å². The normalized spacial score (nSPS) is 12.5. The third-order valence-electron chi connectivity index (χ3n) is 3.07. The van der Waals surface area contributed by atoms with Crippen molar-refractivity contribution in [2.24, 2.45) is 17.6 Å². The van der Waals surface area contributed by atoms with Gasteiger partial charge in [0.05, 0.1) is 6.61 Å². The summed E-state index contributed by atoms with van der Waals surface area (Å²) in [5, 5.41) is 12.1. The van der Waals surface area contributed by atoms with Crippen LogP contribution in [0, 0.1) is 11.8 Å². The Kier molecular flexibility index (Phi) is 6.53. The average Bonchev–Trinajstić information content (AvgIpc) is 2.38. The molecule has 0 heterocycles. The second-order valence-corrected chi connectivity index (χ2v) is 5.30. The number of aliphatic hydroxyl groups is 1. The van der Waals surface area contributed by atoms with Gasteiger partial charge in [-0.25, -0.2) is 0 Å². The van der Waals surface area contributed by atoms with E-state index in [0.29, 0.717) is 24.6 Å². The molecule has 4 heteroatoms. The summed E-state index contributed by atoms with van der Waals surface area (Å²) < 4.78 is 0. The molecule has 0 aliphatic rings. The van der Waals surface area contributed by atoms with Crippen LogP contribution in [0.25, 0.3) is 0 Å². The molecule has 1 aromatic rings. The Morgan fingerprint density at radius 1 is 1.37 bits per heavy atom. The van der Waals surface area contributed by atoms with E-state index in [0.717, 1.165) is 12.0 Å². The third kappa shape index (κ3) is 5.41. The number of carbonyl (C=O) groups excluding carboxylic acids is 1. The summed E-state index contributed by atoms with van der Waals surface area (Å²) in [6, 6.07) is 7.26. The number of rotatable bonds is 7. The zero-order chi connectivity index (χ0) is 14.3. The van der Waals surface area contributed by atoms with Gasteiger partial charge in [0.2, 0.25) is 5.91 Å². The maximum Gasteiger partial charge on any atom is 0.224 e. The van der Waals surface area contributed by atoms with E-state index in [-0.39, 0.29) is 18.4 Å². The molecule has 0 unspecified atom stereocenters. The van der Waals surface area contributed by atoms with Crippen LogP contribution < -0.4 is 11.1 Å². The van der Waals surface area contributed by atoms with Gasteiger partial charge in [-0.1, -0.05) is 32.0 Å². The number of amides is 1. The SMILES string of the molecule is CC(C)C[C@H](CN)CC(=O)Nc1ccccc1CO. The van der Waals surface area contributed by atoms with E-state index in [2.05, 4.69) is 19.2 Å². The Labute approximate surface area is 115 Å². The second kappa shape index (κ2) is 7.92. The first kappa shape index (κ1) is 15.7. The largest absolute Gasteiger partial charge is 0.392 e. The van der Waals surface area contributed by atoms with E-state index in [1.54, 1.807) is 12.1 Å². The van der Waals surface area contributed by atoms with Gasteiger partial charge in [0, 0.05) is 17.7 Å². The predicted molar refractivity (Wildman–Crippen MR) is 77.6 cm³/mol. The molecule has 0 bridgehead atoms. The summed E-state index contributed by atoms with van der Waals surface area (Å²) in [6.07, 6.45) is 1.38. The summed E-state index contributed by atoms with van der Waals surface area (Å²) in [5.41, 5.74) is 7.10. The van der Waals surface area contributed by atoms with Crippen LogP contribution in [-0.2, 0) is 11.4 Å². The summed E-state index contributed by atoms with van der Waals surface area (Å²) in [4.78, 5) is 12.0. The number of anilines is 1. The Bertz CT molecular complexity index is 405. The quantitative estimate of drug-likeness (QED) is 0.706. The summed E-state index contributed by atoms with van der Waals surface area (Å²) in [7, 11) is 0. The van der Waals surface area contributed by atoms with Crippen molar-refractivity contribution in [3.63, 3.8) is 0 Å². The third-order valence-corrected chi connectivity index (χ3v) is 3.07. The van der Waals surface area contributed by atoms with E-state index >= 15 is 0 Å². The molecular weight excluding hydrogens is 240 g/mol. The summed E-state index contributed by atoms with van der Waals surface area (Å²) in [5.74, 6) is 0.698. The maximum atomic E-state index is 12.0. The van der Waals surface area contributed by atoms with Crippen LogP contribution in [0.4, 0.5) is 5.69 Å². The van der Waals surface area contributed by atoms with Gasteiger partial charge in [0.15, 0.2) is 0 Å². The van der Waals surface area contributed by atoms with E-state index < -0.39 is 0 Å². The van der Waals surface area contributed by atoms with Crippen LogP contribution in [0.3, 0.4) is 0 Å². The molecule has 19 heavy (non-hydrogen) atoms. The van der Waals surface area contributed by atoms with Crippen molar-refractivity contribution in [1.29, 1.82) is 0 Å². The predicted octanol–water partition coefficient (Wildman–Crippen LogP) is 2.13. The molecule has 1 rings (SSSR count). The summed E-state index contributed by atoms with van der Waals surface area (Å²) in [6.45, 7) is 4.69. The zero-order valence-corrected chi connectivity index (χ0v) is 11.7. The van der Waals surface area contributed by atoms with Crippen LogP contribution in [-0.4, -0.2) is 17.6 Å². The molecular formula is C15H24N2O2. The fourth-order valence-corrected chi connectivity index (χ4v) is 2.17. The van der Waals surface area contributed by atoms with Gasteiger partial charge in [-0.2, -0.15) is 0 Å². The number of para-hydroxylation sites is 1. The highest BCUT2D eigenvalue weighted by atomic mass is 16.3. The van der Waals surface area contributed by atoms with Gasteiger partial charge in [-0.3, -0.25) is 4.79 Å². The van der Waals surface area contributed by atoms with E-state index in [4.69, 9.17) is 5.73 Å². The van der Waals surface area contributed by atoms with Crippen molar-refractivity contribution >= 4 is 11.6 Å². The molecule has 0 saturated heterocycles. The Morgan fingerprint density at radius 3 is 2.63 bits per heavy atom. The Hall–Kier alpha value is -1.39. The van der Waals surface area contributed by atoms with Gasteiger partial charge < -0.3 is 16.2 Å². The minimum absolute atomic E-state index is 0.0444. The average molecular weight is 264 g/mol. The molecule has 1 atom stereocenters. The first-order valence-corrected chi connectivity index (χ1v) is 6.75. The second-order valence-electron chi connectivity index (χ2n) is 5.30. The minimum atomic E-state index is -0.0806. The fourth-order valence-electron chi connectivity index (χ4n) is 2.17. The van der Waals surface area contributed by atoms with Crippen LogP contribution in [0.1, 0.15) is 32.3 Å². The van der Waals surface area contributed by atoms with E-state index in [9.17, 15) is 9.90 Å². The molecule has 1 aromatic carbocycles. The number of nitrogens with two attached hydrogens (primary N) is 1. The van der Waals surface area contributed by atoms with E-state index in [1.807, 2.05) is 12.1 Å². The van der Waals surface area contributed by atoms with Crippen LogP contribution in [0.15, 0.2) is 24.3 Å². The van der Waals surface area contributed by atoms with E-state index in [1.165, 1.54) is 0 Å². The van der Waals surface area contributed by atoms with Crippen molar-refractivity contribution in [3.05, 3.63) is 29.8 Å². The molecule has 0 saturated carbocycles. The maximum absolute atomic E-state index is 12.0. The van der Waals surface area contributed by atoms with Gasteiger partial charge in [-0.15, -0.1) is 0 Å². The molecule has 0 spiro atoms. The highest BCUT2D eigenvalue weighted by molar-refractivity contribution is 5.91. The van der Waals surface area contributed by atoms with Crippen LogP contribution >= 0.6 is 0 Å². The number of benzene rings is 1. The van der Waals surface area contributed by atoms with Crippen molar-refractivity contribution < 1.29 is 9.90 Å². The lowest BCUT2D eigenvalue weighted by atomic mass is 9.94. The van der Waals surface area contributed by atoms with Gasteiger partial charge in [0.1, 0.15) is 0 Å². The molecule has 4 nitrogen and oxygen atoms in total. The molecule has 4 N–H and O–H groups in total. The highest BCUT2D eigenvalue weighted by Gasteiger charge is 2.14. The van der Waals surface area contributed by atoms with Gasteiger partial charge >= 0.3 is 0 Å². The topological polar surface area (TPSA) is 75.4 Å². The minimum Gasteiger partial charge on any atom is -0.392 e. The molecule has 0 fully saturated rings. The number of hydrogen-bond acceptors (Lipinski definition) is 3. The highest BCUT2D eigenvalue weighted by Crippen LogP contribution is 2.18. The molecule has 0 aromatic heterocycles. The molecule has 0 radical (unpaired) electrons. The van der Waals surface area contributed by atoms with Crippen LogP contribution in [0.2, 0.25) is 0 Å². The Morgan fingerprint density at radius 2 is 2.05 bits per heavy atom. The molecule has 1 amide bonds. The molecule has 0 aliphatic carbocycles. The van der Waals surface area contributed by atoms with Crippen molar-refractivity contribution in [1.82, 2.24) is 0 Å². The molecule has 0 aliphatic heterocycles. The van der Waals surface area contributed by atoms with Crippen LogP contribution in [0.5, 0.6) is 0 Å². The lowest BCUT2D eigenvalue weighted by molar-refractivity contribution is -0.117. The lowest BCUT2D eigenvalue weighted by Gasteiger charge is -2.17. The number of carbonyl (C=O) groups is 1. The zero-order valence-electron chi connectivity index (χ0n) is 11.7. The first-order chi connectivity index (χ1) is 9.06. The fraction of sp³-hybridized carbons (Fsp3) is 0.533. The standard InChI is InChI=1S/C15H24N2O2/c1-11(2)7-12(9-16)8-15(19)17-14-6-4-3-5-13(14)10-18/h3-6,11-12,18H,7-10,16H2,1-2H3,(H,17,19)/t12-/m0/s1. The molecule has 106 valence electrons. The monoisotopic (exact) mass is 264 g/mol. The summed E-state index contributed by atoms with van der Waals surface area (Å²) >= 11 is 0. The number of hydrogen-bond donors (Lipinski definition) is 3. The van der Waals surface area contributed by atoms with Gasteiger partial charge in [-0.05, 0) is 30.9 Å². The van der Waals surface area contributed by atoms with Gasteiger partial charge in [0.25, 0.3) is 0 Å². The lowest BCUT2D eigenvalue weighted by Crippen LogP contribution is -2.23. The van der Waals surface area contributed by atoms with Crippen molar-refractivity contribution in [3.8, 4) is 0 Å². The smallest absolute Gasteiger partial charge is 0.224 e. The first-order valence-electron chi connectivity index (χ1n) is 6.75. The Balaban J connectivity index is 2.59. The number of nitrogens with one attached hydrogen (secondary N) is 1.